The molecule has 0 aromatic heterocycles. The molecule has 2 nitrogen and oxygen atoms in total. The molecule has 0 saturated carbocycles. The van der Waals surface area contributed by atoms with Crippen LogP contribution >= 0.6 is 23.8 Å². The van der Waals surface area contributed by atoms with Gasteiger partial charge in [-0.3, -0.25) is 0 Å². The van der Waals surface area contributed by atoms with E-state index in [-0.39, 0.29) is 5.75 Å². The van der Waals surface area contributed by atoms with Gasteiger partial charge in [-0.15, -0.1) is 0 Å². The molecule has 15 heavy (non-hydrogen) atoms. The van der Waals surface area contributed by atoms with Crippen molar-refractivity contribution in [3.05, 3.63) is 28.8 Å². The average molecular weight is 242 g/mol. The van der Waals surface area contributed by atoms with Gasteiger partial charge in [-0.1, -0.05) is 23.8 Å². The van der Waals surface area contributed by atoms with Crippen LogP contribution < -0.4 is 0 Å². The topological polar surface area (TPSA) is 23.5 Å². The summed E-state index contributed by atoms with van der Waals surface area (Å²) < 4.78 is 0. The Hall–Kier alpha value is -0.800. The predicted octanol–water partition coefficient (Wildman–Crippen LogP) is 2.82. The van der Waals surface area contributed by atoms with E-state index in [1.165, 1.54) is 12.8 Å². The van der Waals surface area contributed by atoms with E-state index >= 15 is 0 Å². The first kappa shape index (κ1) is 10.7. The van der Waals surface area contributed by atoms with E-state index in [2.05, 4.69) is 4.90 Å². The quantitative estimate of drug-likeness (QED) is 0.765. The van der Waals surface area contributed by atoms with Crippen LogP contribution in [0, 0.1) is 0 Å². The van der Waals surface area contributed by atoms with E-state index in [4.69, 9.17) is 23.8 Å². The van der Waals surface area contributed by atoms with Crippen LogP contribution in [0.15, 0.2) is 18.2 Å². The highest BCUT2D eigenvalue weighted by atomic mass is 35.5. The first-order valence-electron chi connectivity index (χ1n) is 4.96. The Morgan fingerprint density at radius 1 is 1.33 bits per heavy atom. The number of aromatic hydroxyl groups is 1. The summed E-state index contributed by atoms with van der Waals surface area (Å²) in [5.74, 6) is 0.102. The summed E-state index contributed by atoms with van der Waals surface area (Å²) in [5.41, 5.74) is 0.912. The monoisotopic (exact) mass is 241 g/mol. The molecule has 1 aromatic rings. The molecule has 0 aliphatic carbocycles. The first-order chi connectivity index (χ1) is 7.18. The summed E-state index contributed by atoms with van der Waals surface area (Å²) in [5, 5.41) is 9.66. The third-order valence-electron chi connectivity index (χ3n) is 2.59. The molecule has 2 rings (SSSR count). The minimum Gasteiger partial charge on any atom is -0.506 e. The minimum atomic E-state index is 0.102. The second-order valence-electron chi connectivity index (χ2n) is 3.67. The van der Waals surface area contributed by atoms with E-state index in [1.807, 2.05) is 6.07 Å². The molecule has 1 saturated heterocycles. The molecule has 0 unspecified atom stereocenters. The fraction of sp³-hybridized carbons (Fsp3) is 0.364. The number of halogens is 1. The number of phenolic OH excluding ortho intramolecular Hbond substituents is 1. The maximum Gasteiger partial charge on any atom is 0.134 e. The van der Waals surface area contributed by atoms with Crippen molar-refractivity contribution >= 4 is 28.8 Å². The summed E-state index contributed by atoms with van der Waals surface area (Å²) >= 11 is 11.2. The van der Waals surface area contributed by atoms with Gasteiger partial charge in [0.25, 0.3) is 0 Å². The highest BCUT2D eigenvalue weighted by Crippen LogP contribution is 2.25. The molecule has 80 valence electrons. The van der Waals surface area contributed by atoms with Crippen molar-refractivity contribution in [2.24, 2.45) is 0 Å². The van der Waals surface area contributed by atoms with Gasteiger partial charge in [0.05, 0.1) is 5.02 Å². The highest BCUT2D eigenvalue weighted by molar-refractivity contribution is 7.80. The molecule has 1 aliphatic heterocycles. The van der Waals surface area contributed by atoms with Crippen LogP contribution in [0.1, 0.15) is 18.4 Å². The van der Waals surface area contributed by atoms with Crippen LogP contribution in [-0.4, -0.2) is 28.1 Å². The number of nitrogens with zero attached hydrogens (tertiary/aromatic N) is 1. The Kier molecular flexibility index (Phi) is 3.12. The van der Waals surface area contributed by atoms with Crippen LogP contribution in [0.4, 0.5) is 0 Å². The predicted molar refractivity (Wildman–Crippen MR) is 65.6 cm³/mol. The average Bonchev–Trinajstić information content (AvgIpc) is 2.74. The van der Waals surface area contributed by atoms with E-state index in [9.17, 15) is 5.11 Å². The van der Waals surface area contributed by atoms with Crippen molar-refractivity contribution in [3.8, 4) is 5.75 Å². The van der Waals surface area contributed by atoms with Gasteiger partial charge in [0, 0.05) is 18.7 Å². The fourth-order valence-electron chi connectivity index (χ4n) is 1.74. The van der Waals surface area contributed by atoms with Gasteiger partial charge in [-0.25, -0.2) is 0 Å². The third kappa shape index (κ3) is 2.24. The standard InChI is InChI=1S/C11H12ClNOS/c12-9-7-8(3-4-10(9)14)11(15)13-5-1-2-6-13/h3-4,7,14H,1-2,5-6H2. The van der Waals surface area contributed by atoms with Crippen molar-refractivity contribution in [2.75, 3.05) is 13.1 Å². The molecule has 1 aromatic carbocycles. The summed E-state index contributed by atoms with van der Waals surface area (Å²) in [4.78, 5) is 3.01. The van der Waals surface area contributed by atoms with Crippen molar-refractivity contribution in [3.63, 3.8) is 0 Å². The normalized spacial score (nSPS) is 15.7. The molecular weight excluding hydrogens is 230 g/mol. The molecule has 1 heterocycles. The minimum absolute atomic E-state index is 0.102. The molecule has 1 N–H and O–H groups in total. The van der Waals surface area contributed by atoms with Crippen molar-refractivity contribution in [2.45, 2.75) is 12.8 Å². The lowest BCUT2D eigenvalue weighted by Crippen LogP contribution is -2.26. The van der Waals surface area contributed by atoms with Crippen LogP contribution in [0.5, 0.6) is 5.75 Å². The number of hydrogen-bond donors (Lipinski definition) is 1. The molecule has 4 heteroatoms. The smallest absolute Gasteiger partial charge is 0.134 e. The second-order valence-corrected chi connectivity index (χ2v) is 4.46. The number of phenols is 1. The zero-order valence-corrected chi connectivity index (χ0v) is 9.81. The summed E-state index contributed by atoms with van der Waals surface area (Å²) in [7, 11) is 0. The molecule has 0 spiro atoms. The number of benzene rings is 1. The van der Waals surface area contributed by atoms with Crippen LogP contribution in [0.2, 0.25) is 5.02 Å². The van der Waals surface area contributed by atoms with Crippen LogP contribution in [0.3, 0.4) is 0 Å². The number of likely N-dealkylation sites (tertiary alicyclic amines) is 1. The summed E-state index contributed by atoms with van der Waals surface area (Å²) in [6.45, 7) is 2.05. The highest BCUT2D eigenvalue weighted by Gasteiger charge is 2.16. The van der Waals surface area contributed by atoms with Gasteiger partial charge >= 0.3 is 0 Å². The van der Waals surface area contributed by atoms with Gasteiger partial charge in [0.2, 0.25) is 0 Å². The molecular formula is C11H12ClNOS. The lowest BCUT2D eigenvalue weighted by atomic mass is 10.2. The Bertz CT molecular complexity index is 388. The van der Waals surface area contributed by atoms with E-state index in [0.717, 1.165) is 23.6 Å². The Morgan fingerprint density at radius 3 is 2.60 bits per heavy atom. The lowest BCUT2D eigenvalue weighted by Gasteiger charge is -2.18. The van der Waals surface area contributed by atoms with Gasteiger partial charge in [0.1, 0.15) is 10.7 Å². The second kappa shape index (κ2) is 4.37. The van der Waals surface area contributed by atoms with Gasteiger partial charge in [-0.2, -0.15) is 0 Å². The van der Waals surface area contributed by atoms with E-state index < -0.39 is 0 Å². The SMILES string of the molecule is Oc1ccc(C(=S)N2CCCC2)cc1Cl. The summed E-state index contributed by atoms with van der Waals surface area (Å²) in [6.07, 6.45) is 2.40. The third-order valence-corrected chi connectivity index (χ3v) is 3.38. The Morgan fingerprint density at radius 2 is 2.00 bits per heavy atom. The lowest BCUT2D eigenvalue weighted by molar-refractivity contribution is 0.475. The van der Waals surface area contributed by atoms with E-state index in [0.29, 0.717) is 5.02 Å². The van der Waals surface area contributed by atoms with Gasteiger partial charge in [-0.05, 0) is 31.0 Å². The van der Waals surface area contributed by atoms with Crippen molar-refractivity contribution in [1.29, 1.82) is 0 Å². The van der Waals surface area contributed by atoms with Crippen molar-refractivity contribution in [1.82, 2.24) is 4.90 Å². The largest absolute Gasteiger partial charge is 0.506 e. The number of hydrogen-bond acceptors (Lipinski definition) is 2. The molecule has 1 aliphatic rings. The molecule has 0 bridgehead atoms. The maximum atomic E-state index is 9.30. The first-order valence-corrected chi connectivity index (χ1v) is 5.75. The van der Waals surface area contributed by atoms with Crippen LogP contribution in [0.25, 0.3) is 0 Å². The zero-order valence-electron chi connectivity index (χ0n) is 8.24. The number of thiocarbonyl (C=S) groups is 1. The Balaban J connectivity index is 2.21. The van der Waals surface area contributed by atoms with Gasteiger partial charge in [0.15, 0.2) is 0 Å². The number of rotatable bonds is 1. The molecule has 0 radical (unpaired) electrons. The Labute approximate surface area is 99.5 Å². The fourth-order valence-corrected chi connectivity index (χ4v) is 2.23. The molecule has 0 atom stereocenters. The molecule has 1 fully saturated rings. The summed E-state index contributed by atoms with van der Waals surface area (Å²) in [6, 6.07) is 5.11. The zero-order chi connectivity index (χ0) is 10.8. The van der Waals surface area contributed by atoms with Crippen molar-refractivity contribution < 1.29 is 5.11 Å². The van der Waals surface area contributed by atoms with Crippen LogP contribution in [-0.2, 0) is 0 Å². The maximum absolute atomic E-state index is 9.30. The van der Waals surface area contributed by atoms with E-state index in [1.54, 1.807) is 12.1 Å². The molecule has 0 amide bonds. The van der Waals surface area contributed by atoms with Gasteiger partial charge < -0.3 is 10.0 Å².